The van der Waals surface area contributed by atoms with E-state index in [1.807, 2.05) is 24.3 Å². The number of furan rings is 1. The van der Waals surface area contributed by atoms with Gasteiger partial charge in [0.25, 0.3) is 11.8 Å². The smallest absolute Gasteiger partial charge is 0.255 e. The number of carbonyl (C=O) groups excluding carboxylic acids is 2. The Bertz CT molecular complexity index is 991. The van der Waals surface area contributed by atoms with E-state index in [1.54, 1.807) is 42.7 Å². The van der Waals surface area contributed by atoms with Crippen molar-refractivity contribution in [3.63, 3.8) is 0 Å². The lowest BCUT2D eigenvalue weighted by Gasteiger charge is -2.15. The normalized spacial score (nSPS) is 13.9. The Kier molecular flexibility index (Phi) is 6.25. The number of carbonyl (C=O) groups is 2. The van der Waals surface area contributed by atoms with Gasteiger partial charge in [0.05, 0.1) is 24.1 Å². The van der Waals surface area contributed by atoms with Crippen LogP contribution in [0.2, 0.25) is 0 Å². The number of benzene rings is 2. The predicted octanol–water partition coefficient (Wildman–Crippen LogP) is 4.06. The molecule has 2 heterocycles. The molecule has 0 bridgehead atoms. The Balaban J connectivity index is 1.39. The lowest BCUT2D eigenvalue weighted by Crippen LogP contribution is -2.24. The standard InChI is InChI=1S/C24H25N3O3/c28-23(19-11-9-18(10-12-19)17-27-13-3-4-14-27)26-22-8-2-1-7-21(22)24(29)25-16-20-6-5-15-30-20/h1-2,5-12,15H,3-4,13-14,16-17H2,(H,25,29)(H,26,28). The SMILES string of the molecule is O=C(Nc1ccccc1C(=O)NCc1ccco1)c1ccc(CN2CCCC2)cc1. The van der Waals surface area contributed by atoms with E-state index >= 15 is 0 Å². The third-order valence-corrected chi connectivity index (χ3v) is 5.24. The minimum Gasteiger partial charge on any atom is -0.467 e. The van der Waals surface area contributed by atoms with Gasteiger partial charge in [0, 0.05) is 12.1 Å². The fraction of sp³-hybridized carbons (Fsp3) is 0.250. The number of para-hydroxylation sites is 1. The van der Waals surface area contributed by atoms with Crippen molar-refractivity contribution in [2.24, 2.45) is 0 Å². The Morgan fingerprint density at radius 3 is 2.40 bits per heavy atom. The van der Waals surface area contributed by atoms with Gasteiger partial charge >= 0.3 is 0 Å². The van der Waals surface area contributed by atoms with Crippen molar-refractivity contribution in [2.45, 2.75) is 25.9 Å². The number of rotatable bonds is 7. The molecule has 6 nitrogen and oxygen atoms in total. The van der Waals surface area contributed by atoms with Crippen molar-refractivity contribution in [1.29, 1.82) is 0 Å². The van der Waals surface area contributed by atoms with Crippen molar-refractivity contribution in [3.8, 4) is 0 Å². The first-order valence-electron chi connectivity index (χ1n) is 10.2. The summed E-state index contributed by atoms with van der Waals surface area (Å²) in [6.07, 6.45) is 4.08. The minimum atomic E-state index is -0.275. The van der Waals surface area contributed by atoms with E-state index < -0.39 is 0 Å². The summed E-state index contributed by atoms with van der Waals surface area (Å²) >= 11 is 0. The Hall–Kier alpha value is -3.38. The Morgan fingerprint density at radius 2 is 1.67 bits per heavy atom. The first-order chi connectivity index (χ1) is 14.7. The second-order valence-corrected chi connectivity index (χ2v) is 7.44. The van der Waals surface area contributed by atoms with Crippen LogP contribution in [-0.4, -0.2) is 29.8 Å². The maximum Gasteiger partial charge on any atom is 0.255 e. The van der Waals surface area contributed by atoms with Gasteiger partial charge in [0.1, 0.15) is 5.76 Å². The summed E-state index contributed by atoms with van der Waals surface area (Å²) in [5.41, 5.74) is 2.64. The average Bonchev–Trinajstić information content (AvgIpc) is 3.47. The molecule has 0 atom stereocenters. The van der Waals surface area contributed by atoms with Crippen molar-refractivity contribution < 1.29 is 14.0 Å². The lowest BCUT2D eigenvalue weighted by molar-refractivity contribution is 0.0949. The number of hydrogen-bond donors (Lipinski definition) is 2. The molecule has 154 valence electrons. The van der Waals surface area contributed by atoms with Crippen LogP contribution in [0.25, 0.3) is 0 Å². The van der Waals surface area contributed by atoms with Gasteiger partial charge in [-0.1, -0.05) is 24.3 Å². The number of hydrogen-bond acceptors (Lipinski definition) is 4. The highest BCUT2D eigenvalue weighted by atomic mass is 16.3. The Morgan fingerprint density at radius 1 is 0.900 bits per heavy atom. The fourth-order valence-corrected chi connectivity index (χ4v) is 3.62. The lowest BCUT2D eigenvalue weighted by atomic mass is 10.1. The van der Waals surface area contributed by atoms with Crippen LogP contribution in [0, 0.1) is 0 Å². The maximum atomic E-state index is 12.7. The second-order valence-electron chi connectivity index (χ2n) is 7.44. The highest BCUT2D eigenvalue weighted by Crippen LogP contribution is 2.18. The van der Waals surface area contributed by atoms with E-state index in [0.717, 1.165) is 19.6 Å². The third-order valence-electron chi connectivity index (χ3n) is 5.24. The number of likely N-dealkylation sites (tertiary alicyclic amines) is 1. The molecule has 2 aromatic carbocycles. The molecule has 0 radical (unpaired) electrons. The molecule has 1 saturated heterocycles. The molecule has 30 heavy (non-hydrogen) atoms. The molecule has 2 N–H and O–H groups in total. The van der Waals surface area contributed by atoms with Gasteiger partial charge < -0.3 is 15.1 Å². The van der Waals surface area contributed by atoms with E-state index in [2.05, 4.69) is 15.5 Å². The first kappa shape index (κ1) is 19.9. The summed E-state index contributed by atoms with van der Waals surface area (Å²) in [4.78, 5) is 27.7. The van der Waals surface area contributed by atoms with E-state index in [1.165, 1.54) is 18.4 Å². The van der Waals surface area contributed by atoms with Gasteiger partial charge in [-0.3, -0.25) is 14.5 Å². The summed E-state index contributed by atoms with van der Waals surface area (Å²) < 4.78 is 5.24. The maximum absolute atomic E-state index is 12.7. The van der Waals surface area contributed by atoms with Crippen LogP contribution in [0.1, 0.15) is 44.9 Å². The molecular weight excluding hydrogens is 378 g/mol. The molecule has 0 spiro atoms. The molecular formula is C24H25N3O3. The zero-order valence-corrected chi connectivity index (χ0v) is 16.8. The molecule has 0 unspecified atom stereocenters. The largest absolute Gasteiger partial charge is 0.467 e. The highest BCUT2D eigenvalue weighted by Gasteiger charge is 2.15. The summed E-state index contributed by atoms with van der Waals surface area (Å²) in [6, 6.07) is 18.2. The molecule has 1 fully saturated rings. The average molecular weight is 403 g/mol. The van der Waals surface area contributed by atoms with Crippen LogP contribution in [0.5, 0.6) is 0 Å². The molecule has 3 aromatic rings. The van der Waals surface area contributed by atoms with Gasteiger partial charge in [-0.05, 0) is 67.9 Å². The summed E-state index contributed by atoms with van der Waals surface area (Å²) in [5.74, 6) is 0.149. The molecule has 0 saturated carbocycles. The number of nitrogens with zero attached hydrogens (tertiary/aromatic N) is 1. The zero-order valence-electron chi connectivity index (χ0n) is 16.8. The molecule has 0 aliphatic carbocycles. The third kappa shape index (κ3) is 4.96. The fourth-order valence-electron chi connectivity index (χ4n) is 3.62. The second kappa shape index (κ2) is 9.41. The van der Waals surface area contributed by atoms with Crippen LogP contribution >= 0.6 is 0 Å². The van der Waals surface area contributed by atoms with Crippen LogP contribution in [0.15, 0.2) is 71.3 Å². The van der Waals surface area contributed by atoms with Gasteiger partial charge in [-0.15, -0.1) is 0 Å². The summed E-state index contributed by atoms with van der Waals surface area (Å²) in [7, 11) is 0. The number of amides is 2. The minimum absolute atomic E-state index is 0.242. The van der Waals surface area contributed by atoms with Gasteiger partial charge in [-0.2, -0.15) is 0 Å². The highest BCUT2D eigenvalue weighted by molar-refractivity contribution is 6.09. The zero-order chi connectivity index (χ0) is 20.8. The van der Waals surface area contributed by atoms with E-state index in [-0.39, 0.29) is 18.4 Å². The van der Waals surface area contributed by atoms with Gasteiger partial charge in [0.2, 0.25) is 0 Å². The quantitative estimate of drug-likeness (QED) is 0.624. The molecule has 1 aromatic heterocycles. The van der Waals surface area contributed by atoms with Crippen molar-refractivity contribution in [3.05, 3.63) is 89.4 Å². The first-order valence-corrected chi connectivity index (χ1v) is 10.2. The number of anilines is 1. The number of nitrogens with one attached hydrogen (secondary N) is 2. The van der Waals surface area contributed by atoms with Crippen molar-refractivity contribution >= 4 is 17.5 Å². The molecule has 6 heteroatoms. The van der Waals surface area contributed by atoms with Crippen LogP contribution in [0.4, 0.5) is 5.69 Å². The molecule has 4 rings (SSSR count). The van der Waals surface area contributed by atoms with Gasteiger partial charge in [-0.25, -0.2) is 0 Å². The van der Waals surface area contributed by atoms with Crippen LogP contribution < -0.4 is 10.6 Å². The van der Waals surface area contributed by atoms with Crippen molar-refractivity contribution in [1.82, 2.24) is 10.2 Å². The topological polar surface area (TPSA) is 74.6 Å². The van der Waals surface area contributed by atoms with Crippen LogP contribution in [-0.2, 0) is 13.1 Å². The van der Waals surface area contributed by atoms with Crippen LogP contribution in [0.3, 0.4) is 0 Å². The molecule has 1 aliphatic heterocycles. The van der Waals surface area contributed by atoms with E-state index in [0.29, 0.717) is 22.6 Å². The Labute approximate surface area is 175 Å². The monoisotopic (exact) mass is 403 g/mol. The predicted molar refractivity (Wildman–Crippen MR) is 115 cm³/mol. The molecule has 2 amide bonds. The summed E-state index contributed by atoms with van der Waals surface area (Å²) in [6.45, 7) is 3.48. The van der Waals surface area contributed by atoms with E-state index in [4.69, 9.17) is 4.42 Å². The van der Waals surface area contributed by atoms with Crippen molar-refractivity contribution in [2.75, 3.05) is 18.4 Å². The van der Waals surface area contributed by atoms with E-state index in [9.17, 15) is 9.59 Å². The molecule has 1 aliphatic rings. The van der Waals surface area contributed by atoms with Gasteiger partial charge in [0.15, 0.2) is 0 Å². The summed E-state index contributed by atoms with van der Waals surface area (Å²) in [5, 5.41) is 5.67.